The van der Waals surface area contributed by atoms with E-state index >= 15 is 0 Å². The topological polar surface area (TPSA) is 12.0 Å². The molecule has 1 atom stereocenters. The molecule has 0 radical (unpaired) electrons. The zero-order valence-corrected chi connectivity index (χ0v) is 10.8. The van der Waals surface area contributed by atoms with Crippen molar-refractivity contribution >= 4 is 11.6 Å². The Balaban J connectivity index is 2.80. The molecule has 1 N–H and O–H groups in total. The van der Waals surface area contributed by atoms with Crippen molar-refractivity contribution in [1.29, 1.82) is 0 Å². The highest BCUT2D eigenvalue weighted by Gasteiger charge is 2.11. The second-order valence-electron chi connectivity index (χ2n) is 3.97. The van der Waals surface area contributed by atoms with E-state index in [1.807, 2.05) is 18.2 Å². The van der Waals surface area contributed by atoms with Crippen molar-refractivity contribution < 1.29 is 0 Å². The summed E-state index contributed by atoms with van der Waals surface area (Å²) in [4.78, 5) is 0. The number of hydrogen-bond acceptors (Lipinski definition) is 1. The molecule has 1 unspecified atom stereocenters. The SMILES string of the molecule is C=C(CC)CC(NCC)c1cccc(Cl)c1. The van der Waals surface area contributed by atoms with Crippen LogP contribution in [0.25, 0.3) is 0 Å². The molecule has 0 bridgehead atoms. The van der Waals surface area contributed by atoms with Crippen LogP contribution < -0.4 is 5.32 Å². The highest BCUT2D eigenvalue weighted by Crippen LogP contribution is 2.24. The molecule has 2 heteroatoms. The van der Waals surface area contributed by atoms with Crippen molar-refractivity contribution in [3.05, 3.63) is 47.0 Å². The Labute approximate surface area is 104 Å². The van der Waals surface area contributed by atoms with Gasteiger partial charge in [0, 0.05) is 11.1 Å². The van der Waals surface area contributed by atoms with Crippen molar-refractivity contribution in [2.45, 2.75) is 32.7 Å². The number of nitrogens with one attached hydrogen (secondary N) is 1. The third-order valence-electron chi connectivity index (χ3n) is 2.69. The molecule has 0 aliphatic heterocycles. The quantitative estimate of drug-likeness (QED) is 0.726. The molecular weight excluding hydrogens is 218 g/mol. The molecule has 0 spiro atoms. The third-order valence-corrected chi connectivity index (χ3v) is 2.93. The van der Waals surface area contributed by atoms with E-state index in [1.54, 1.807) is 0 Å². The fourth-order valence-electron chi connectivity index (χ4n) is 1.71. The normalized spacial score (nSPS) is 12.4. The van der Waals surface area contributed by atoms with Crippen LogP contribution in [0.2, 0.25) is 5.02 Å². The van der Waals surface area contributed by atoms with Gasteiger partial charge in [0.15, 0.2) is 0 Å². The van der Waals surface area contributed by atoms with Crippen molar-refractivity contribution in [2.75, 3.05) is 6.54 Å². The average molecular weight is 238 g/mol. The summed E-state index contributed by atoms with van der Waals surface area (Å²) in [7, 11) is 0. The molecule has 1 aromatic carbocycles. The summed E-state index contributed by atoms with van der Waals surface area (Å²) in [5, 5.41) is 4.27. The molecule has 1 aromatic rings. The van der Waals surface area contributed by atoms with E-state index < -0.39 is 0 Å². The molecule has 0 saturated carbocycles. The van der Waals surface area contributed by atoms with Crippen LogP contribution >= 0.6 is 11.6 Å². The molecule has 0 aromatic heterocycles. The first kappa shape index (κ1) is 13.3. The van der Waals surface area contributed by atoms with E-state index in [9.17, 15) is 0 Å². The van der Waals surface area contributed by atoms with Gasteiger partial charge < -0.3 is 5.32 Å². The maximum Gasteiger partial charge on any atom is 0.0409 e. The van der Waals surface area contributed by atoms with Crippen LogP contribution in [0.1, 0.15) is 38.3 Å². The van der Waals surface area contributed by atoms with Gasteiger partial charge in [-0.05, 0) is 37.1 Å². The first-order valence-corrected chi connectivity index (χ1v) is 6.20. The zero-order valence-electron chi connectivity index (χ0n) is 10.1. The minimum atomic E-state index is 0.330. The van der Waals surface area contributed by atoms with Crippen LogP contribution in [-0.4, -0.2) is 6.54 Å². The number of benzene rings is 1. The van der Waals surface area contributed by atoms with Gasteiger partial charge in [-0.1, -0.05) is 49.7 Å². The molecule has 88 valence electrons. The maximum atomic E-state index is 6.01. The lowest BCUT2D eigenvalue weighted by atomic mass is 9.98. The summed E-state index contributed by atoms with van der Waals surface area (Å²) in [6.45, 7) is 9.28. The Bertz CT molecular complexity index is 346. The van der Waals surface area contributed by atoms with Gasteiger partial charge in [-0.25, -0.2) is 0 Å². The highest BCUT2D eigenvalue weighted by molar-refractivity contribution is 6.30. The predicted molar refractivity (Wildman–Crippen MR) is 71.9 cm³/mol. The van der Waals surface area contributed by atoms with E-state index in [4.69, 9.17) is 11.6 Å². The monoisotopic (exact) mass is 237 g/mol. The molecule has 0 heterocycles. The second-order valence-corrected chi connectivity index (χ2v) is 4.41. The van der Waals surface area contributed by atoms with Crippen molar-refractivity contribution in [2.24, 2.45) is 0 Å². The minimum Gasteiger partial charge on any atom is -0.310 e. The Hall–Kier alpha value is -0.790. The summed E-state index contributed by atoms with van der Waals surface area (Å²) >= 11 is 6.01. The third kappa shape index (κ3) is 3.99. The smallest absolute Gasteiger partial charge is 0.0409 e. The Kier molecular flexibility index (Phi) is 5.58. The van der Waals surface area contributed by atoms with Gasteiger partial charge in [0.25, 0.3) is 0 Å². The molecule has 1 rings (SSSR count). The van der Waals surface area contributed by atoms with Gasteiger partial charge in [-0.15, -0.1) is 0 Å². The van der Waals surface area contributed by atoms with Gasteiger partial charge in [-0.2, -0.15) is 0 Å². The lowest BCUT2D eigenvalue weighted by molar-refractivity contribution is 0.543. The van der Waals surface area contributed by atoms with E-state index in [1.165, 1.54) is 11.1 Å². The Morgan fingerprint density at radius 2 is 2.19 bits per heavy atom. The van der Waals surface area contributed by atoms with Crippen LogP contribution in [0, 0.1) is 0 Å². The van der Waals surface area contributed by atoms with E-state index in [0.717, 1.165) is 24.4 Å². The molecule has 0 amide bonds. The van der Waals surface area contributed by atoms with Crippen LogP contribution in [0.4, 0.5) is 0 Å². The largest absolute Gasteiger partial charge is 0.310 e. The Morgan fingerprint density at radius 1 is 1.44 bits per heavy atom. The van der Waals surface area contributed by atoms with Crippen molar-refractivity contribution in [1.82, 2.24) is 5.32 Å². The van der Waals surface area contributed by atoms with E-state index in [2.05, 4.69) is 31.8 Å². The average Bonchev–Trinajstić information content (AvgIpc) is 2.28. The number of rotatable bonds is 6. The second kappa shape index (κ2) is 6.72. The fraction of sp³-hybridized carbons (Fsp3) is 0.429. The first-order chi connectivity index (χ1) is 7.67. The van der Waals surface area contributed by atoms with Gasteiger partial charge in [0.1, 0.15) is 0 Å². The molecule has 0 fully saturated rings. The van der Waals surface area contributed by atoms with Crippen LogP contribution in [-0.2, 0) is 0 Å². The van der Waals surface area contributed by atoms with Crippen LogP contribution in [0.15, 0.2) is 36.4 Å². The maximum absolute atomic E-state index is 6.01. The zero-order chi connectivity index (χ0) is 12.0. The van der Waals surface area contributed by atoms with Gasteiger partial charge >= 0.3 is 0 Å². The molecule has 0 aliphatic carbocycles. The standard InChI is InChI=1S/C14H20ClN/c1-4-11(3)9-14(16-5-2)12-7-6-8-13(15)10-12/h6-8,10,14,16H,3-5,9H2,1-2H3. The summed E-state index contributed by atoms with van der Waals surface area (Å²) in [6, 6.07) is 8.37. The molecule has 0 aliphatic rings. The van der Waals surface area contributed by atoms with Crippen molar-refractivity contribution in [3.63, 3.8) is 0 Å². The van der Waals surface area contributed by atoms with Crippen LogP contribution in [0.3, 0.4) is 0 Å². The molecular formula is C14H20ClN. The number of halogens is 1. The van der Waals surface area contributed by atoms with E-state index in [-0.39, 0.29) is 0 Å². The summed E-state index contributed by atoms with van der Waals surface area (Å²) in [5.74, 6) is 0. The summed E-state index contributed by atoms with van der Waals surface area (Å²) in [5.41, 5.74) is 2.51. The van der Waals surface area contributed by atoms with Gasteiger partial charge in [0.2, 0.25) is 0 Å². The Morgan fingerprint density at radius 3 is 2.75 bits per heavy atom. The lowest BCUT2D eigenvalue weighted by Crippen LogP contribution is -2.21. The predicted octanol–water partition coefficient (Wildman–Crippen LogP) is 4.35. The molecule has 16 heavy (non-hydrogen) atoms. The van der Waals surface area contributed by atoms with Gasteiger partial charge in [-0.3, -0.25) is 0 Å². The summed E-state index contributed by atoms with van der Waals surface area (Å²) in [6.07, 6.45) is 2.01. The number of hydrogen-bond donors (Lipinski definition) is 1. The minimum absolute atomic E-state index is 0.330. The first-order valence-electron chi connectivity index (χ1n) is 5.82. The highest BCUT2D eigenvalue weighted by atomic mass is 35.5. The van der Waals surface area contributed by atoms with Gasteiger partial charge in [0.05, 0.1) is 0 Å². The van der Waals surface area contributed by atoms with Crippen molar-refractivity contribution in [3.8, 4) is 0 Å². The molecule has 0 saturated heterocycles. The molecule has 1 nitrogen and oxygen atoms in total. The summed E-state index contributed by atoms with van der Waals surface area (Å²) < 4.78 is 0. The van der Waals surface area contributed by atoms with Crippen LogP contribution in [0.5, 0.6) is 0 Å². The lowest BCUT2D eigenvalue weighted by Gasteiger charge is -2.19. The van der Waals surface area contributed by atoms with E-state index in [0.29, 0.717) is 6.04 Å². The fourth-order valence-corrected chi connectivity index (χ4v) is 1.91.